The Morgan fingerprint density at radius 3 is 2.88 bits per heavy atom. The van der Waals surface area contributed by atoms with Gasteiger partial charge in [-0.05, 0) is 18.2 Å². The zero-order chi connectivity index (χ0) is 18.4. The molecule has 0 aliphatic carbocycles. The molecule has 0 saturated carbocycles. The van der Waals surface area contributed by atoms with Gasteiger partial charge < -0.3 is 15.6 Å². The minimum atomic E-state index is -0.839. The van der Waals surface area contributed by atoms with Crippen molar-refractivity contribution in [1.29, 1.82) is 0 Å². The Hall–Kier alpha value is -3.82. The second kappa shape index (κ2) is 5.62. The van der Waals surface area contributed by atoms with Crippen molar-refractivity contribution < 1.29 is 14.8 Å². The smallest absolute Gasteiger partial charge is 0.280 e. The average Bonchev–Trinajstić information content (AvgIpc) is 2.98. The molecular formula is C16H14N6O4. The number of nitrogens with zero attached hydrogens (tertiary/aromatic N) is 4. The number of hydrogen-bond acceptors (Lipinski definition) is 8. The number of aromatic nitrogens is 2. The summed E-state index contributed by atoms with van der Waals surface area (Å²) in [6.45, 7) is 0. The summed E-state index contributed by atoms with van der Waals surface area (Å²) in [6.07, 6.45) is -0.839. The number of fused-ring (bicyclic) bond motifs is 3. The van der Waals surface area contributed by atoms with Crippen molar-refractivity contribution in [3.05, 3.63) is 52.1 Å². The highest BCUT2D eigenvalue weighted by Crippen LogP contribution is 2.41. The third kappa shape index (κ3) is 2.27. The van der Waals surface area contributed by atoms with Crippen molar-refractivity contribution in [2.45, 2.75) is 6.17 Å². The van der Waals surface area contributed by atoms with Crippen LogP contribution in [0, 0.1) is 10.1 Å². The number of nitro groups is 1. The van der Waals surface area contributed by atoms with Gasteiger partial charge in [-0.1, -0.05) is 12.1 Å². The van der Waals surface area contributed by atoms with Crippen LogP contribution in [0.5, 0.6) is 11.5 Å². The first kappa shape index (κ1) is 15.7. The summed E-state index contributed by atoms with van der Waals surface area (Å²) in [5.74, 6) is 0.276. The summed E-state index contributed by atoms with van der Waals surface area (Å²) >= 11 is 0. The van der Waals surface area contributed by atoms with E-state index in [4.69, 9.17) is 10.5 Å². The van der Waals surface area contributed by atoms with Crippen LogP contribution in [0.4, 0.5) is 11.6 Å². The van der Waals surface area contributed by atoms with Gasteiger partial charge >= 0.3 is 0 Å². The molecule has 132 valence electrons. The quantitative estimate of drug-likeness (QED) is 0.482. The second-order valence-electron chi connectivity index (χ2n) is 5.65. The molecule has 0 unspecified atom stereocenters. The van der Waals surface area contributed by atoms with Crippen molar-refractivity contribution >= 4 is 28.6 Å². The van der Waals surface area contributed by atoms with Gasteiger partial charge in [0.15, 0.2) is 23.6 Å². The number of guanidine groups is 1. The number of nitrogens with one attached hydrogen (secondary N) is 1. The SMILES string of the molecule is COc1cc([C@@H]2N=C(N)Nc3nc4ccccc4n32)c([N+](=O)[O-])cc1O. The highest BCUT2D eigenvalue weighted by molar-refractivity contribution is 5.94. The van der Waals surface area contributed by atoms with Gasteiger partial charge in [0.05, 0.1) is 34.7 Å². The van der Waals surface area contributed by atoms with E-state index in [0.717, 1.165) is 11.6 Å². The first-order valence-corrected chi connectivity index (χ1v) is 7.62. The molecule has 0 spiro atoms. The fraction of sp³-hybridized carbons (Fsp3) is 0.125. The molecule has 2 aromatic carbocycles. The molecule has 4 rings (SSSR count). The second-order valence-corrected chi connectivity index (χ2v) is 5.65. The number of aliphatic imine (C=N–C) groups is 1. The number of methoxy groups -OCH3 is 1. The first-order valence-electron chi connectivity index (χ1n) is 7.62. The molecule has 1 aliphatic rings. The monoisotopic (exact) mass is 354 g/mol. The van der Waals surface area contributed by atoms with Gasteiger partial charge in [0.25, 0.3) is 5.69 Å². The number of anilines is 1. The number of phenols is 1. The van der Waals surface area contributed by atoms with Crippen molar-refractivity contribution in [3.8, 4) is 11.5 Å². The number of imidazole rings is 1. The summed E-state index contributed by atoms with van der Waals surface area (Å²) < 4.78 is 6.81. The highest BCUT2D eigenvalue weighted by Gasteiger charge is 2.31. The van der Waals surface area contributed by atoms with E-state index in [-0.39, 0.29) is 28.7 Å². The van der Waals surface area contributed by atoms with E-state index in [0.29, 0.717) is 11.5 Å². The normalized spacial score (nSPS) is 15.9. The molecule has 1 aliphatic heterocycles. The molecule has 1 atom stereocenters. The maximum atomic E-state index is 11.5. The van der Waals surface area contributed by atoms with Crippen LogP contribution < -0.4 is 15.8 Å². The van der Waals surface area contributed by atoms with Crippen molar-refractivity contribution in [1.82, 2.24) is 9.55 Å². The van der Waals surface area contributed by atoms with E-state index in [1.807, 2.05) is 24.3 Å². The molecule has 0 fully saturated rings. The summed E-state index contributed by atoms with van der Waals surface area (Å²) in [5.41, 5.74) is 7.21. The highest BCUT2D eigenvalue weighted by atomic mass is 16.6. The molecule has 0 amide bonds. The molecule has 0 radical (unpaired) electrons. The van der Waals surface area contributed by atoms with Crippen molar-refractivity contribution in [2.75, 3.05) is 12.4 Å². The van der Waals surface area contributed by atoms with Crippen LogP contribution in [0.3, 0.4) is 0 Å². The van der Waals surface area contributed by atoms with Gasteiger partial charge in [0.1, 0.15) is 0 Å². The predicted octanol–water partition coefficient (Wildman–Crippen LogP) is 1.95. The van der Waals surface area contributed by atoms with E-state index in [1.54, 1.807) is 4.57 Å². The lowest BCUT2D eigenvalue weighted by atomic mass is 10.1. The van der Waals surface area contributed by atoms with Gasteiger partial charge in [0, 0.05) is 0 Å². The minimum absolute atomic E-state index is 0.0825. The zero-order valence-electron chi connectivity index (χ0n) is 13.6. The predicted molar refractivity (Wildman–Crippen MR) is 94.4 cm³/mol. The van der Waals surface area contributed by atoms with Gasteiger partial charge in [-0.3, -0.25) is 20.0 Å². The van der Waals surface area contributed by atoms with Gasteiger partial charge in [0.2, 0.25) is 5.95 Å². The minimum Gasteiger partial charge on any atom is -0.504 e. The lowest BCUT2D eigenvalue weighted by Crippen LogP contribution is -2.31. The molecule has 26 heavy (non-hydrogen) atoms. The summed E-state index contributed by atoms with van der Waals surface area (Å²) in [4.78, 5) is 19.7. The summed E-state index contributed by atoms with van der Waals surface area (Å²) in [6, 6.07) is 9.76. The third-order valence-corrected chi connectivity index (χ3v) is 4.14. The number of aromatic hydroxyl groups is 1. The average molecular weight is 354 g/mol. The van der Waals surface area contributed by atoms with Gasteiger partial charge in [-0.25, -0.2) is 9.98 Å². The molecule has 0 saturated heterocycles. The van der Waals surface area contributed by atoms with Crippen LogP contribution in [-0.4, -0.2) is 32.7 Å². The van der Waals surface area contributed by atoms with Crippen LogP contribution in [0.1, 0.15) is 11.7 Å². The number of nitro benzene ring substituents is 1. The number of nitrogens with two attached hydrogens (primary N) is 1. The molecule has 3 aromatic rings. The molecule has 10 heteroatoms. The van der Waals surface area contributed by atoms with E-state index >= 15 is 0 Å². The Labute approximate surface area is 146 Å². The Morgan fingerprint density at radius 2 is 2.15 bits per heavy atom. The number of phenolic OH excluding ortho intramolecular Hbond substituents is 1. The van der Waals surface area contributed by atoms with Crippen molar-refractivity contribution in [2.24, 2.45) is 10.7 Å². The number of ether oxygens (including phenoxy) is 1. The van der Waals surface area contributed by atoms with Crippen LogP contribution >= 0.6 is 0 Å². The fourth-order valence-electron chi connectivity index (χ4n) is 3.03. The van der Waals surface area contributed by atoms with E-state index < -0.39 is 11.1 Å². The lowest BCUT2D eigenvalue weighted by Gasteiger charge is -2.24. The van der Waals surface area contributed by atoms with E-state index in [1.165, 1.54) is 13.2 Å². The first-order chi connectivity index (χ1) is 12.5. The molecule has 4 N–H and O–H groups in total. The molecule has 1 aromatic heterocycles. The van der Waals surface area contributed by atoms with Gasteiger partial charge in [-0.15, -0.1) is 0 Å². The van der Waals surface area contributed by atoms with Crippen LogP contribution in [0.25, 0.3) is 11.0 Å². The lowest BCUT2D eigenvalue weighted by molar-refractivity contribution is -0.385. The molecule has 0 bridgehead atoms. The molecule has 10 nitrogen and oxygen atoms in total. The Balaban J connectivity index is 2.02. The number of para-hydroxylation sites is 2. The number of hydrogen-bond donors (Lipinski definition) is 3. The third-order valence-electron chi connectivity index (χ3n) is 4.14. The van der Waals surface area contributed by atoms with E-state index in [9.17, 15) is 15.2 Å². The Bertz CT molecular complexity index is 1070. The maximum Gasteiger partial charge on any atom is 0.280 e. The Kier molecular flexibility index (Phi) is 3.39. The largest absolute Gasteiger partial charge is 0.504 e. The van der Waals surface area contributed by atoms with Crippen LogP contribution in [0.2, 0.25) is 0 Å². The molecule has 2 heterocycles. The van der Waals surface area contributed by atoms with Gasteiger partial charge in [-0.2, -0.15) is 0 Å². The number of benzene rings is 2. The summed E-state index contributed by atoms with van der Waals surface area (Å²) in [5, 5.41) is 24.3. The Morgan fingerprint density at radius 1 is 1.38 bits per heavy atom. The van der Waals surface area contributed by atoms with Crippen LogP contribution in [0.15, 0.2) is 41.4 Å². The topological polar surface area (TPSA) is 141 Å². The fourth-order valence-corrected chi connectivity index (χ4v) is 3.03. The van der Waals surface area contributed by atoms with E-state index in [2.05, 4.69) is 15.3 Å². The van der Waals surface area contributed by atoms with Crippen LogP contribution in [-0.2, 0) is 0 Å². The van der Waals surface area contributed by atoms with Crippen molar-refractivity contribution in [3.63, 3.8) is 0 Å². The summed E-state index contributed by atoms with van der Waals surface area (Å²) in [7, 11) is 1.36. The number of rotatable bonds is 3. The molecular weight excluding hydrogens is 340 g/mol. The maximum absolute atomic E-state index is 11.5. The standard InChI is InChI=1S/C16H14N6O4/c1-26-13-6-8(11(22(24)25)7-12(13)23)14-19-15(17)20-16-18-9-4-2-3-5-10(9)21(14)16/h2-7,14,23H,1H3,(H3,17,18,19,20)/t14-/m1/s1. The zero-order valence-corrected chi connectivity index (χ0v) is 13.6.